The summed E-state index contributed by atoms with van der Waals surface area (Å²) in [7, 11) is 0. The van der Waals surface area contributed by atoms with Gasteiger partial charge >= 0.3 is 0 Å². The summed E-state index contributed by atoms with van der Waals surface area (Å²) in [5, 5.41) is 20.7. The lowest BCUT2D eigenvalue weighted by Crippen LogP contribution is -2.39. The average Bonchev–Trinajstić information content (AvgIpc) is 2.09. The molecule has 0 aliphatic carbocycles. The van der Waals surface area contributed by atoms with Gasteiger partial charge in [-0.25, -0.2) is 0 Å². The van der Waals surface area contributed by atoms with E-state index in [1.54, 1.807) is 0 Å². The van der Waals surface area contributed by atoms with Crippen LogP contribution in [0.1, 0.15) is 12.8 Å². The van der Waals surface area contributed by atoms with E-state index in [0.717, 1.165) is 6.54 Å². The van der Waals surface area contributed by atoms with E-state index in [2.05, 4.69) is 5.32 Å². The van der Waals surface area contributed by atoms with E-state index in [9.17, 15) is 4.79 Å². The second-order valence-corrected chi connectivity index (χ2v) is 3.19. The minimum absolute atomic E-state index is 0.110. The number of Topliss-reactive ketones (excluding diaryl/α,β-unsaturated/α-hetero) is 1. The van der Waals surface area contributed by atoms with Crippen molar-refractivity contribution in [2.75, 3.05) is 19.7 Å². The Hall–Kier alpha value is -0.450. The molecule has 70 valence electrons. The quantitative estimate of drug-likeness (QED) is 0.507. The van der Waals surface area contributed by atoms with Crippen molar-refractivity contribution in [1.82, 2.24) is 5.32 Å². The fourth-order valence-electron chi connectivity index (χ4n) is 1.42. The third kappa shape index (κ3) is 2.55. The number of ketones is 1. The van der Waals surface area contributed by atoms with Crippen molar-refractivity contribution in [3.05, 3.63) is 0 Å². The molecule has 0 aromatic heterocycles. The number of nitrogens with one attached hydrogen (secondary N) is 1. The lowest BCUT2D eigenvalue weighted by Gasteiger charge is -2.22. The van der Waals surface area contributed by atoms with Crippen molar-refractivity contribution < 1.29 is 15.0 Å². The van der Waals surface area contributed by atoms with E-state index in [1.807, 2.05) is 0 Å². The van der Waals surface area contributed by atoms with Gasteiger partial charge in [0.2, 0.25) is 0 Å². The van der Waals surface area contributed by atoms with Gasteiger partial charge in [-0.1, -0.05) is 0 Å². The Morgan fingerprint density at radius 1 is 1.67 bits per heavy atom. The highest BCUT2D eigenvalue weighted by Gasteiger charge is 2.23. The normalized spacial score (nSPS) is 27.2. The van der Waals surface area contributed by atoms with Gasteiger partial charge in [-0.3, -0.25) is 4.79 Å². The molecule has 0 aromatic rings. The molecule has 0 saturated carbocycles. The van der Waals surface area contributed by atoms with Crippen molar-refractivity contribution >= 4 is 5.78 Å². The summed E-state index contributed by atoms with van der Waals surface area (Å²) in [6, 6.07) is 0. The van der Waals surface area contributed by atoms with Gasteiger partial charge in [0.25, 0.3) is 0 Å². The average molecular weight is 173 g/mol. The van der Waals surface area contributed by atoms with Crippen LogP contribution in [-0.4, -0.2) is 41.8 Å². The molecule has 0 bridgehead atoms. The lowest BCUT2D eigenvalue weighted by molar-refractivity contribution is -0.125. The number of hydrogen-bond acceptors (Lipinski definition) is 4. The zero-order chi connectivity index (χ0) is 8.97. The van der Waals surface area contributed by atoms with Gasteiger partial charge in [0.15, 0.2) is 0 Å². The maximum Gasteiger partial charge on any atom is 0.138 e. The Labute approximate surface area is 71.6 Å². The predicted molar refractivity (Wildman–Crippen MR) is 43.7 cm³/mol. The minimum Gasteiger partial charge on any atom is -0.394 e. The van der Waals surface area contributed by atoms with Crippen molar-refractivity contribution in [3.8, 4) is 0 Å². The van der Waals surface area contributed by atoms with Gasteiger partial charge in [-0.2, -0.15) is 0 Å². The third-order valence-corrected chi connectivity index (χ3v) is 2.16. The summed E-state index contributed by atoms with van der Waals surface area (Å²) in [5.74, 6) is 0.0853. The molecular formula is C8H15NO3. The van der Waals surface area contributed by atoms with Crippen LogP contribution in [0.4, 0.5) is 0 Å². The first-order chi connectivity index (χ1) is 5.74. The molecule has 0 amide bonds. The zero-order valence-corrected chi connectivity index (χ0v) is 6.99. The Kier molecular flexibility index (Phi) is 3.65. The number of rotatable bonds is 3. The summed E-state index contributed by atoms with van der Waals surface area (Å²) in [6.07, 6.45) is 0.171. The molecule has 3 N–H and O–H groups in total. The van der Waals surface area contributed by atoms with E-state index in [1.165, 1.54) is 0 Å². The summed E-state index contributed by atoms with van der Waals surface area (Å²) in [4.78, 5) is 11.2. The highest BCUT2D eigenvalue weighted by molar-refractivity contribution is 5.82. The second-order valence-electron chi connectivity index (χ2n) is 3.19. The van der Waals surface area contributed by atoms with Crippen LogP contribution in [0.15, 0.2) is 0 Å². The molecule has 0 radical (unpaired) electrons. The first-order valence-electron chi connectivity index (χ1n) is 4.26. The van der Waals surface area contributed by atoms with E-state index in [4.69, 9.17) is 10.2 Å². The largest absolute Gasteiger partial charge is 0.394 e. The van der Waals surface area contributed by atoms with Crippen molar-refractivity contribution in [3.63, 3.8) is 0 Å². The highest BCUT2D eigenvalue weighted by Crippen LogP contribution is 2.12. The molecule has 2 unspecified atom stereocenters. The molecule has 1 rings (SSSR count). The summed E-state index contributed by atoms with van der Waals surface area (Å²) in [6.45, 7) is 1.12. The number of carbonyl (C=O) groups is 1. The van der Waals surface area contributed by atoms with E-state index >= 15 is 0 Å². The molecule has 0 spiro atoms. The smallest absolute Gasteiger partial charge is 0.138 e. The topological polar surface area (TPSA) is 69.6 Å². The molecular weight excluding hydrogens is 158 g/mol. The first kappa shape index (κ1) is 9.64. The molecule has 4 nitrogen and oxygen atoms in total. The lowest BCUT2D eigenvalue weighted by atomic mass is 9.92. The summed E-state index contributed by atoms with van der Waals surface area (Å²) < 4.78 is 0. The molecule has 1 saturated heterocycles. The molecule has 1 aliphatic heterocycles. The minimum atomic E-state index is -0.751. The maximum absolute atomic E-state index is 11.2. The molecule has 1 heterocycles. The van der Waals surface area contributed by atoms with Gasteiger partial charge in [-0.15, -0.1) is 0 Å². The summed E-state index contributed by atoms with van der Waals surface area (Å²) in [5.41, 5.74) is 0. The molecule has 12 heavy (non-hydrogen) atoms. The Morgan fingerprint density at radius 2 is 2.42 bits per heavy atom. The van der Waals surface area contributed by atoms with Crippen LogP contribution in [0.25, 0.3) is 0 Å². The Morgan fingerprint density at radius 3 is 3.00 bits per heavy atom. The van der Waals surface area contributed by atoms with Crippen molar-refractivity contribution in [1.29, 1.82) is 0 Å². The van der Waals surface area contributed by atoms with Gasteiger partial charge in [-0.05, 0) is 6.42 Å². The predicted octanol–water partition coefficient (Wildman–Crippen LogP) is -1.09. The molecule has 4 heteroatoms. The monoisotopic (exact) mass is 173 g/mol. The molecule has 1 aliphatic rings. The van der Waals surface area contributed by atoms with E-state index in [-0.39, 0.29) is 18.3 Å². The van der Waals surface area contributed by atoms with Gasteiger partial charge in [0.1, 0.15) is 5.78 Å². The van der Waals surface area contributed by atoms with Crippen LogP contribution in [0.3, 0.4) is 0 Å². The summed E-state index contributed by atoms with van der Waals surface area (Å²) >= 11 is 0. The molecule has 0 aromatic carbocycles. The van der Waals surface area contributed by atoms with E-state index < -0.39 is 6.10 Å². The SMILES string of the molecule is O=C1CCNCC1CC(O)CO. The van der Waals surface area contributed by atoms with E-state index in [0.29, 0.717) is 19.4 Å². The second kappa shape index (κ2) is 4.54. The van der Waals surface area contributed by atoms with Crippen molar-refractivity contribution in [2.24, 2.45) is 5.92 Å². The standard InChI is InChI=1S/C8H15NO3/c10-5-7(11)3-6-4-9-2-1-8(6)12/h6-7,9-11H,1-5H2. The fraction of sp³-hybridized carbons (Fsp3) is 0.875. The maximum atomic E-state index is 11.2. The Bertz CT molecular complexity index is 160. The molecule has 1 fully saturated rings. The highest BCUT2D eigenvalue weighted by atomic mass is 16.3. The number of piperidine rings is 1. The molecule has 2 atom stereocenters. The fourth-order valence-corrected chi connectivity index (χ4v) is 1.42. The Balaban J connectivity index is 2.34. The first-order valence-corrected chi connectivity index (χ1v) is 4.26. The van der Waals surface area contributed by atoms with Crippen LogP contribution in [0.2, 0.25) is 0 Å². The number of aliphatic hydroxyl groups excluding tert-OH is 2. The van der Waals surface area contributed by atoms with Crippen LogP contribution in [-0.2, 0) is 4.79 Å². The van der Waals surface area contributed by atoms with Gasteiger partial charge in [0.05, 0.1) is 12.7 Å². The number of hydrogen-bond donors (Lipinski definition) is 3. The van der Waals surface area contributed by atoms with Crippen LogP contribution >= 0.6 is 0 Å². The zero-order valence-electron chi connectivity index (χ0n) is 6.99. The van der Waals surface area contributed by atoms with Crippen LogP contribution in [0, 0.1) is 5.92 Å². The van der Waals surface area contributed by atoms with Gasteiger partial charge < -0.3 is 15.5 Å². The number of aliphatic hydroxyl groups is 2. The third-order valence-electron chi connectivity index (χ3n) is 2.16. The van der Waals surface area contributed by atoms with Crippen molar-refractivity contribution in [2.45, 2.75) is 18.9 Å². The van der Waals surface area contributed by atoms with Gasteiger partial charge in [0, 0.05) is 25.4 Å². The van der Waals surface area contributed by atoms with Crippen LogP contribution in [0.5, 0.6) is 0 Å². The number of carbonyl (C=O) groups excluding carboxylic acids is 1. The van der Waals surface area contributed by atoms with Crippen LogP contribution < -0.4 is 5.32 Å².